The van der Waals surface area contributed by atoms with Gasteiger partial charge in [-0.05, 0) is 30.5 Å². The summed E-state index contributed by atoms with van der Waals surface area (Å²) >= 11 is 0. The Morgan fingerprint density at radius 2 is 2.00 bits per heavy atom. The van der Waals surface area contributed by atoms with E-state index in [2.05, 4.69) is 5.10 Å². The average Bonchev–Trinajstić information content (AvgIpc) is 2.91. The number of halogens is 3. The zero-order valence-corrected chi connectivity index (χ0v) is 13.9. The molecule has 1 aromatic carbocycles. The maximum Gasteiger partial charge on any atom is 0.346 e. The van der Waals surface area contributed by atoms with Crippen LogP contribution in [0, 0.1) is 11.6 Å². The van der Waals surface area contributed by atoms with Gasteiger partial charge in [-0.3, -0.25) is 9.36 Å². The minimum Gasteiger partial charge on any atom is -0.335 e. The predicted molar refractivity (Wildman–Crippen MR) is 85.4 cm³/mol. The summed E-state index contributed by atoms with van der Waals surface area (Å²) in [5.74, 6) is -1.74. The Morgan fingerprint density at radius 1 is 1.23 bits per heavy atom. The highest BCUT2D eigenvalue weighted by atomic mass is 19.2. The van der Waals surface area contributed by atoms with Crippen LogP contribution in [0.4, 0.5) is 13.2 Å². The Morgan fingerprint density at radius 3 is 2.69 bits per heavy atom. The van der Waals surface area contributed by atoms with E-state index in [1.54, 1.807) is 0 Å². The number of carbonyl (C=O) groups excluding carboxylic acids is 1. The summed E-state index contributed by atoms with van der Waals surface area (Å²) < 4.78 is 42.0. The van der Waals surface area contributed by atoms with Crippen LogP contribution in [0.3, 0.4) is 0 Å². The van der Waals surface area contributed by atoms with Gasteiger partial charge in [0.2, 0.25) is 5.91 Å². The van der Waals surface area contributed by atoms with E-state index in [0.717, 1.165) is 16.8 Å². The number of benzene rings is 1. The number of aryl methyl sites for hydroxylation is 1. The molecule has 0 bridgehead atoms. The number of aromatic nitrogens is 3. The van der Waals surface area contributed by atoms with Crippen molar-refractivity contribution in [2.45, 2.75) is 38.0 Å². The third-order valence-electron chi connectivity index (χ3n) is 4.88. The number of alkyl halides is 1. The Balaban J connectivity index is 1.62. The quantitative estimate of drug-likeness (QED) is 0.826. The Hall–Kier alpha value is -2.58. The van der Waals surface area contributed by atoms with E-state index in [9.17, 15) is 22.8 Å². The monoisotopic (exact) mass is 366 g/mol. The van der Waals surface area contributed by atoms with Crippen LogP contribution in [0.25, 0.3) is 0 Å². The van der Waals surface area contributed by atoms with E-state index < -0.39 is 29.5 Å². The Labute approximate surface area is 146 Å². The van der Waals surface area contributed by atoms with E-state index in [1.807, 2.05) is 0 Å². The molecule has 0 spiro atoms. The smallest absolute Gasteiger partial charge is 0.335 e. The van der Waals surface area contributed by atoms with Gasteiger partial charge in [0, 0.05) is 6.42 Å². The maximum absolute atomic E-state index is 13.4. The van der Waals surface area contributed by atoms with E-state index in [-0.39, 0.29) is 25.5 Å². The SMILES string of the molecule is O=C(C1CCCc2nn(Cc3ccc(F)c(F)c3)c(=O)n21)N1CC(F)C1. The zero-order chi connectivity index (χ0) is 18.4. The fourth-order valence-electron chi connectivity index (χ4n) is 3.49. The summed E-state index contributed by atoms with van der Waals surface area (Å²) in [7, 11) is 0. The molecule has 1 unspecified atom stereocenters. The van der Waals surface area contributed by atoms with Crippen molar-refractivity contribution < 1.29 is 18.0 Å². The second-order valence-electron chi connectivity index (χ2n) is 6.72. The van der Waals surface area contributed by atoms with Crippen molar-refractivity contribution in [3.8, 4) is 0 Å². The van der Waals surface area contributed by atoms with E-state index in [1.165, 1.54) is 15.5 Å². The first-order valence-electron chi connectivity index (χ1n) is 8.49. The van der Waals surface area contributed by atoms with Crippen molar-refractivity contribution in [2.75, 3.05) is 13.1 Å². The summed E-state index contributed by atoms with van der Waals surface area (Å²) in [6, 6.07) is 2.71. The molecule has 2 aliphatic rings. The van der Waals surface area contributed by atoms with Gasteiger partial charge in [-0.2, -0.15) is 5.10 Å². The second kappa shape index (κ2) is 6.30. The molecule has 1 fully saturated rings. The fraction of sp³-hybridized carbons (Fsp3) is 0.471. The number of hydrogen-bond acceptors (Lipinski definition) is 3. The molecular formula is C17H17F3N4O2. The lowest BCUT2D eigenvalue weighted by Crippen LogP contribution is -2.54. The summed E-state index contributed by atoms with van der Waals surface area (Å²) in [6.07, 6.45) is 0.742. The topological polar surface area (TPSA) is 60.1 Å². The normalized spacial score (nSPS) is 20.0. The van der Waals surface area contributed by atoms with Crippen molar-refractivity contribution in [1.29, 1.82) is 0 Å². The largest absolute Gasteiger partial charge is 0.346 e. The van der Waals surface area contributed by atoms with Crippen molar-refractivity contribution in [2.24, 2.45) is 0 Å². The van der Waals surface area contributed by atoms with Gasteiger partial charge >= 0.3 is 5.69 Å². The highest BCUT2D eigenvalue weighted by Gasteiger charge is 2.38. The van der Waals surface area contributed by atoms with Crippen LogP contribution >= 0.6 is 0 Å². The van der Waals surface area contributed by atoms with Crippen LogP contribution in [0.5, 0.6) is 0 Å². The minimum absolute atomic E-state index is 0.0206. The number of rotatable bonds is 3. The number of likely N-dealkylation sites (tertiary alicyclic amines) is 1. The molecule has 0 radical (unpaired) electrons. The summed E-state index contributed by atoms with van der Waals surface area (Å²) in [5, 5.41) is 4.25. The molecule has 26 heavy (non-hydrogen) atoms. The number of nitrogens with zero attached hydrogens (tertiary/aromatic N) is 4. The zero-order valence-electron chi connectivity index (χ0n) is 13.9. The average molecular weight is 366 g/mol. The lowest BCUT2D eigenvalue weighted by Gasteiger charge is -2.37. The molecule has 1 aromatic heterocycles. The maximum atomic E-state index is 13.4. The molecule has 4 rings (SSSR count). The summed E-state index contributed by atoms with van der Waals surface area (Å²) in [6.45, 7) is 0.0953. The van der Waals surface area contributed by atoms with Crippen molar-refractivity contribution in [3.05, 3.63) is 51.7 Å². The number of hydrogen-bond donors (Lipinski definition) is 0. The van der Waals surface area contributed by atoms with Gasteiger partial charge in [0.1, 0.15) is 18.0 Å². The Bertz CT molecular complexity index is 917. The third kappa shape index (κ3) is 2.81. The molecule has 0 saturated carbocycles. The van der Waals surface area contributed by atoms with Crippen molar-refractivity contribution >= 4 is 5.91 Å². The van der Waals surface area contributed by atoms with E-state index in [0.29, 0.717) is 30.7 Å². The predicted octanol–water partition coefficient (Wildman–Crippen LogP) is 1.43. The minimum atomic E-state index is -1.00. The van der Waals surface area contributed by atoms with Crippen LogP contribution in [-0.4, -0.2) is 44.4 Å². The highest BCUT2D eigenvalue weighted by molar-refractivity contribution is 5.81. The lowest BCUT2D eigenvalue weighted by atomic mass is 10.0. The summed E-state index contributed by atoms with van der Waals surface area (Å²) in [4.78, 5) is 26.7. The van der Waals surface area contributed by atoms with Crippen LogP contribution in [0.15, 0.2) is 23.0 Å². The number of fused-ring (bicyclic) bond motifs is 1. The van der Waals surface area contributed by atoms with Gasteiger partial charge in [0.05, 0.1) is 19.6 Å². The molecular weight excluding hydrogens is 349 g/mol. The molecule has 2 aromatic rings. The Kier molecular flexibility index (Phi) is 4.08. The first-order valence-corrected chi connectivity index (χ1v) is 8.49. The van der Waals surface area contributed by atoms with Crippen molar-refractivity contribution in [3.63, 3.8) is 0 Å². The first kappa shape index (κ1) is 16.9. The second-order valence-corrected chi connectivity index (χ2v) is 6.72. The molecule has 1 atom stereocenters. The van der Waals surface area contributed by atoms with Gasteiger partial charge in [-0.15, -0.1) is 0 Å². The fourth-order valence-corrected chi connectivity index (χ4v) is 3.49. The molecule has 2 aliphatic heterocycles. The van der Waals surface area contributed by atoms with Crippen LogP contribution in [0.2, 0.25) is 0 Å². The number of amides is 1. The van der Waals surface area contributed by atoms with Gasteiger partial charge in [0.25, 0.3) is 0 Å². The number of carbonyl (C=O) groups is 1. The van der Waals surface area contributed by atoms with Crippen LogP contribution in [0.1, 0.15) is 30.3 Å². The van der Waals surface area contributed by atoms with E-state index >= 15 is 0 Å². The van der Waals surface area contributed by atoms with Gasteiger partial charge in [0.15, 0.2) is 11.6 Å². The molecule has 1 amide bonds. The molecule has 0 N–H and O–H groups in total. The van der Waals surface area contributed by atoms with Crippen LogP contribution in [-0.2, 0) is 17.8 Å². The van der Waals surface area contributed by atoms with Gasteiger partial charge in [-0.25, -0.2) is 22.6 Å². The standard InChI is InChI=1S/C17H17F3N4O2/c18-11-8-22(9-11)16(25)14-2-1-3-15-21-23(17(26)24(14)15)7-10-4-5-12(19)13(20)6-10/h4-6,11,14H,1-3,7-9H2. The molecule has 1 saturated heterocycles. The van der Waals surface area contributed by atoms with E-state index in [4.69, 9.17) is 0 Å². The van der Waals surface area contributed by atoms with Crippen molar-refractivity contribution in [1.82, 2.24) is 19.2 Å². The molecule has 3 heterocycles. The highest BCUT2D eigenvalue weighted by Crippen LogP contribution is 2.26. The first-order chi connectivity index (χ1) is 12.4. The molecule has 6 nitrogen and oxygen atoms in total. The lowest BCUT2D eigenvalue weighted by molar-refractivity contribution is -0.142. The van der Waals surface area contributed by atoms with Gasteiger partial charge in [-0.1, -0.05) is 6.07 Å². The molecule has 9 heteroatoms. The molecule has 138 valence electrons. The molecule has 0 aliphatic carbocycles. The summed E-state index contributed by atoms with van der Waals surface area (Å²) in [5.41, 5.74) is -0.0764. The van der Waals surface area contributed by atoms with Crippen LogP contribution < -0.4 is 5.69 Å². The van der Waals surface area contributed by atoms with Gasteiger partial charge < -0.3 is 4.90 Å². The third-order valence-corrected chi connectivity index (χ3v) is 4.88.